The van der Waals surface area contributed by atoms with Crippen molar-refractivity contribution in [3.63, 3.8) is 0 Å². The number of rotatable bonds is 5. The number of halogens is 1. The van der Waals surface area contributed by atoms with Crippen LogP contribution in [0.3, 0.4) is 0 Å². The molecule has 0 amide bonds. The number of aliphatic carboxylic acids is 1. The van der Waals surface area contributed by atoms with Crippen LogP contribution in [-0.2, 0) is 17.6 Å². The van der Waals surface area contributed by atoms with Crippen LogP contribution in [-0.4, -0.2) is 26.6 Å². The van der Waals surface area contributed by atoms with Crippen LogP contribution < -0.4 is 0 Å². The second-order valence-electron chi connectivity index (χ2n) is 3.72. The highest BCUT2D eigenvalue weighted by atomic mass is 35.5. The fourth-order valence-electron chi connectivity index (χ4n) is 1.24. The Bertz CT molecular complexity index is 392. The highest BCUT2D eigenvalue weighted by Crippen LogP contribution is 2.24. The van der Waals surface area contributed by atoms with Crippen LogP contribution in [0.25, 0.3) is 0 Å². The molecule has 1 aromatic heterocycles. The van der Waals surface area contributed by atoms with Gasteiger partial charge in [-0.25, -0.2) is 0 Å². The van der Waals surface area contributed by atoms with Gasteiger partial charge in [0.2, 0.25) is 0 Å². The minimum atomic E-state index is -0.764. The summed E-state index contributed by atoms with van der Waals surface area (Å²) < 4.78 is 1.75. The minimum Gasteiger partial charge on any atom is -0.481 e. The topological polar surface area (TPSA) is 55.1 Å². The molecule has 0 aliphatic heterocycles. The van der Waals surface area contributed by atoms with E-state index in [2.05, 4.69) is 5.10 Å². The molecule has 1 rings (SSSR count). The molecule has 1 atom stereocenters. The third kappa shape index (κ3) is 3.15. The Kier molecular flexibility index (Phi) is 4.68. The summed E-state index contributed by atoms with van der Waals surface area (Å²) >= 11 is 7.64. The molecule has 90 valence electrons. The summed E-state index contributed by atoms with van der Waals surface area (Å²) in [6.07, 6.45) is 0. The number of hydrogen-bond acceptors (Lipinski definition) is 3. The lowest BCUT2D eigenvalue weighted by molar-refractivity contribution is -0.140. The summed E-state index contributed by atoms with van der Waals surface area (Å²) in [6, 6.07) is 0. The van der Waals surface area contributed by atoms with Gasteiger partial charge < -0.3 is 5.11 Å². The summed E-state index contributed by atoms with van der Waals surface area (Å²) in [7, 11) is 1.84. The van der Waals surface area contributed by atoms with Gasteiger partial charge in [-0.1, -0.05) is 18.5 Å². The molecule has 1 N–H and O–H groups in total. The van der Waals surface area contributed by atoms with Gasteiger partial charge in [-0.15, -0.1) is 0 Å². The van der Waals surface area contributed by atoms with Gasteiger partial charge in [0.05, 0.1) is 22.3 Å². The molecule has 0 spiro atoms. The first-order chi connectivity index (χ1) is 7.43. The quantitative estimate of drug-likeness (QED) is 0.885. The van der Waals surface area contributed by atoms with E-state index in [1.807, 2.05) is 14.0 Å². The third-order valence-corrected chi connectivity index (χ3v) is 3.99. The SMILES string of the molecule is Cc1nn(C)c(CSCC(C)C(=O)O)c1Cl. The smallest absolute Gasteiger partial charge is 0.307 e. The van der Waals surface area contributed by atoms with Gasteiger partial charge in [-0.05, 0) is 6.92 Å². The normalized spacial score (nSPS) is 12.8. The fraction of sp³-hybridized carbons (Fsp3) is 0.600. The molecule has 0 saturated carbocycles. The van der Waals surface area contributed by atoms with Crippen LogP contribution in [0.2, 0.25) is 5.02 Å². The number of nitrogens with zero attached hydrogens (tertiary/aromatic N) is 2. The fourth-order valence-corrected chi connectivity index (χ4v) is 2.69. The average Bonchev–Trinajstić information content (AvgIpc) is 2.44. The first kappa shape index (κ1) is 13.4. The Morgan fingerprint density at radius 2 is 2.31 bits per heavy atom. The first-order valence-corrected chi connectivity index (χ1v) is 6.45. The van der Waals surface area contributed by atoms with Crippen LogP contribution in [0.4, 0.5) is 0 Å². The molecule has 0 bridgehead atoms. The molecule has 0 aliphatic carbocycles. The Balaban J connectivity index is 2.52. The van der Waals surface area contributed by atoms with Crippen molar-refractivity contribution in [1.29, 1.82) is 0 Å². The van der Waals surface area contributed by atoms with Crippen molar-refractivity contribution in [3.05, 3.63) is 16.4 Å². The van der Waals surface area contributed by atoms with E-state index in [0.29, 0.717) is 16.5 Å². The molecule has 1 unspecified atom stereocenters. The lowest BCUT2D eigenvalue weighted by atomic mass is 10.2. The summed E-state index contributed by atoms with van der Waals surface area (Å²) in [6.45, 7) is 3.56. The van der Waals surface area contributed by atoms with E-state index in [1.54, 1.807) is 23.4 Å². The van der Waals surface area contributed by atoms with Gasteiger partial charge in [-0.3, -0.25) is 9.48 Å². The second kappa shape index (κ2) is 5.59. The first-order valence-electron chi connectivity index (χ1n) is 4.92. The number of thioether (sulfide) groups is 1. The molecule has 16 heavy (non-hydrogen) atoms. The van der Waals surface area contributed by atoms with Crippen molar-refractivity contribution in [2.75, 3.05) is 5.75 Å². The molecule has 4 nitrogen and oxygen atoms in total. The number of carboxylic acid groups (broad SMARTS) is 1. The van der Waals surface area contributed by atoms with E-state index in [1.165, 1.54) is 0 Å². The van der Waals surface area contributed by atoms with Gasteiger partial charge in [0.15, 0.2) is 0 Å². The van der Waals surface area contributed by atoms with Crippen LogP contribution in [0.1, 0.15) is 18.3 Å². The summed E-state index contributed by atoms with van der Waals surface area (Å²) in [4.78, 5) is 10.6. The maximum absolute atomic E-state index is 10.6. The molecule has 0 aromatic carbocycles. The molecule has 1 heterocycles. The Labute approximate surface area is 104 Å². The van der Waals surface area contributed by atoms with E-state index in [9.17, 15) is 4.79 Å². The van der Waals surface area contributed by atoms with Crippen molar-refractivity contribution >= 4 is 29.3 Å². The van der Waals surface area contributed by atoms with Crippen LogP contribution in [0.5, 0.6) is 0 Å². The van der Waals surface area contributed by atoms with Gasteiger partial charge in [-0.2, -0.15) is 16.9 Å². The Morgan fingerprint density at radius 1 is 1.69 bits per heavy atom. The van der Waals surface area contributed by atoms with E-state index >= 15 is 0 Å². The molecular weight excluding hydrogens is 248 g/mol. The van der Waals surface area contributed by atoms with E-state index < -0.39 is 5.97 Å². The summed E-state index contributed by atoms with van der Waals surface area (Å²) in [5.74, 6) is 0.168. The average molecular weight is 263 g/mol. The lowest BCUT2D eigenvalue weighted by Gasteiger charge is -2.06. The minimum absolute atomic E-state index is 0.335. The number of aryl methyl sites for hydroxylation is 2. The van der Waals surface area contributed by atoms with Crippen molar-refractivity contribution in [2.45, 2.75) is 19.6 Å². The number of carbonyl (C=O) groups is 1. The summed E-state index contributed by atoms with van der Waals surface area (Å²) in [5, 5.41) is 13.6. The Hall–Kier alpha value is -0.680. The molecule has 0 radical (unpaired) electrons. The standard InChI is InChI=1S/C10H15ClN2O2S/c1-6(10(14)15)4-16-5-8-9(11)7(2)12-13(8)3/h6H,4-5H2,1-3H3,(H,14,15). The molecular formula is C10H15ClN2O2S. The van der Waals surface area contributed by atoms with Gasteiger partial charge in [0.1, 0.15) is 0 Å². The van der Waals surface area contributed by atoms with Crippen molar-refractivity contribution in [2.24, 2.45) is 13.0 Å². The van der Waals surface area contributed by atoms with E-state index in [0.717, 1.165) is 11.4 Å². The number of aromatic nitrogens is 2. The third-order valence-electron chi connectivity index (χ3n) is 2.29. The monoisotopic (exact) mass is 262 g/mol. The molecule has 0 fully saturated rings. The predicted molar refractivity (Wildman–Crippen MR) is 65.9 cm³/mol. The van der Waals surface area contributed by atoms with Gasteiger partial charge in [0, 0.05) is 18.6 Å². The highest BCUT2D eigenvalue weighted by molar-refractivity contribution is 7.98. The van der Waals surface area contributed by atoms with Crippen LogP contribution in [0, 0.1) is 12.8 Å². The number of hydrogen-bond donors (Lipinski definition) is 1. The van der Waals surface area contributed by atoms with Crippen LogP contribution >= 0.6 is 23.4 Å². The van der Waals surface area contributed by atoms with Gasteiger partial charge >= 0.3 is 5.97 Å². The summed E-state index contributed by atoms with van der Waals surface area (Å²) in [5.41, 5.74) is 1.76. The van der Waals surface area contributed by atoms with Crippen LogP contribution in [0.15, 0.2) is 0 Å². The predicted octanol–water partition coefficient (Wildman–Crippen LogP) is 2.34. The highest BCUT2D eigenvalue weighted by Gasteiger charge is 2.14. The zero-order valence-corrected chi connectivity index (χ0v) is 11.1. The molecule has 1 aromatic rings. The molecule has 6 heteroatoms. The second-order valence-corrected chi connectivity index (χ2v) is 5.13. The zero-order valence-electron chi connectivity index (χ0n) is 9.53. The Morgan fingerprint density at radius 3 is 2.75 bits per heavy atom. The maximum atomic E-state index is 10.6. The zero-order chi connectivity index (χ0) is 12.3. The van der Waals surface area contributed by atoms with Crippen molar-refractivity contribution in [1.82, 2.24) is 9.78 Å². The largest absolute Gasteiger partial charge is 0.481 e. The molecule has 0 aliphatic rings. The molecule has 0 saturated heterocycles. The lowest BCUT2D eigenvalue weighted by Crippen LogP contribution is -2.12. The van der Waals surface area contributed by atoms with Gasteiger partial charge in [0.25, 0.3) is 0 Å². The maximum Gasteiger partial charge on any atom is 0.307 e. The number of carboxylic acids is 1. The van der Waals surface area contributed by atoms with E-state index in [4.69, 9.17) is 16.7 Å². The van der Waals surface area contributed by atoms with Crippen molar-refractivity contribution in [3.8, 4) is 0 Å². The van der Waals surface area contributed by atoms with E-state index in [-0.39, 0.29) is 5.92 Å². The van der Waals surface area contributed by atoms with Crippen molar-refractivity contribution < 1.29 is 9.90 Å².